The number of amides is 1. The monoisotopic (exact) mass is 413 g/mol. The third-order valence-electron chi connectivity index (χ3n) is 4.91. The summed E-state index contributed by atoms with van der Waals surface area (Å²) in [6.07, 6.45) is 3.21. The van der Waals surface area contributed by atoms with Crippen LogP contribution in [0, 0.1) is 0 Å². The Morgan fingerprint density at radius 1 is 1.07 bits per heavy atom. The Hall–Kier alpha value is -2.67. The van der Waals surface area contributed by atoms with Gasteiger partial charge >= 0.3 is 0 Å². The molecule has 0 radical (unpaired) electrons. The van der Waals surface area contributed by atoms with Crippen molar-refractivity contribution >= 4 is 27.5 Å². The number of carbonyl (C=O) groups excluding carboxylic acids is 1. The predicted molar refractivity (Wildman–Crippen MR) is 116 cm³/mol. The predicted octanol–water partition coefficient (Wildman–Crippen LogP) is 4.29. The maximum atomic E-state index is 12.9. The molecule has 0 aromatic heterocycles. The van der Waals surface area contributed by atoms with Gasteiger partial charge in [-0.25, -0.2) is 0 Å². The topological polar surface area (TPSA) is 78.8 Å². The highest BCUT2D eigenvalue weighted by molar-refractivity contribution is 7.90. The van der Waals surface area contributed by atoms with Crippen molar-refractivity contribution in [1.29, 1.82) is 0 Å². The molecule has 7 heteroatoms. The summed E-state index contributed by atoms with van der Waals surface area (Å²) in [5.41, 5.74) is 1.84. The second-order valence-electron chi connectivity index (χ2n) is 7.41. The van der Waals surface area contributed by atoms with Crippen LogP contribution in [0.1, 0.15) is 56.0 Å². The number of hydrogen-bond donors (Lipinski definition) is 1. The molecule has 1 amide bonds. The molecular weight excluding hydrogens is 386 g/mol. The van der Waals surface area contributed by atoms with Crippen LogP contribution in [-0.4, -0.2) is 37.6 Å². The average molecular weight is 414 g/mol. The Kier molecular flexibility index (Phi) is 6.37. The fourth-order valence-corrected chi connectivity index (χ4v) is 4.50. The summed E-state index contributed by atoms with van der Waals surface area (Å²) in [6.45, 7) is 6.94. The Bertz CT molecular complexity index is 1010. The highest BCUT2D eigenvalue weighted by Crippen LogP contribution is 2.26. The molecule has 0 saturated carbocycles. The van der Waals surface area contributed by atoms with Crippen molar-refractivity contribution < 1.29 is 13.2 Å². The molecule has 1 N–H and O–H groups in total. The summed E-state index contributed by atoms with van der Waals surface area (Å²) in [4.78, 5) is 15.0. The average Bonchev–Trinajstić information content (AvgIpc) is 2.95. The number of unbranched alkanes of at least 4 members (excludes halogenated alkanes) is 2. The van der Waals surface area contributed by atoms with Crippen molar-refractivity contribution in [2.24, 2.45) is 4.40 Å². The molecule has 0 atom stereocenters. The third kappa shape index (κ3) is 4.67. The van der Waals surface area contributed by atoms with Crippen LogP contribution in [0.15, 0.2) is 57.8 Å². The van der Waals surface area contributed by atoms with Crippen LogP contribution < -0.4 is 5.32 Å². The van der Waals surface area contributed by atoms with Crippen molar-refractivity contribution in [1.82, 2.24) is 4.90 Å². The van der Waals surface area contributed by atoms with Crippen molar-refractivity contribution in [3.63, 3.8) is 0 Å². The van der Waals surface area contributed by atoms with E-state index in [0.717, 1.165) is 25.8 Å². The SMILES string of the molecule is CCCCCN(C(=O)c1ccc(NC2=NS(=O)(=O)c3ccccc32)cc1)C(C)C. The van der Waals surface area contributed by atoms with Gasteiger partial charge in [-0.1, -0.05) is 31.9 Å². The minimum Gasteiger partial charge on any atom is -0.339 e. The van der Waals surface area contributed by atoms with E-state index in [2.05, 4.69) is 16.6 Å². The number of nitrogens with one attached hydrogen (secondary N) is 1. The molecular formula is C22H27N3O3S. The van der Waals surface area contributed by atoms with Gasteiger partial charge in [0.2, 0.25) is 0 Å². The van der Waals surface area contributed by atoms with E-state index in [-0.39, 0.29) is 16.8 Å². The normalized spacial score (nSPS) is 14.4. The lowest BCUT2D eigenvalue weighted by molar-refractivity contribution is 0.0702. The number of fused-ring (bicyclic) bond motifs is 1. The molecule has 1 heterocycles. The molecule has 6 nitrogen and oxygen atoms in total. The number of anilines is 1. The Balaban J connectivity index is 1.75. The van der Waals surface area contributed by atoms with Crippen LogP contribution in [0.3, 0.4) is 0 Å². The zero-order valence-corrected chi connectivity index (χ0v) is 17.9. The smallest absolute Gasteiger partial charge is 0.285 e. The lowest BCUT2D eigenvalue weighted by Gasteiger charge is -2.27. The minimum atomic E-state index is -3.66. The summed E-state index contributed by atoms with van der Waals surface area (Å²) >= 11 is 0. The molecule has 0 spiro atoms. The van der Waals surface area contributed by atoms with Gasteiger partial charge in [-0.3, -0.25) is 4.79 Å². The van der Waals surface area contributed by atoms with Crippen LogP contribution in [-0.2, 0) is 10.0 Å². The number of hydrogen-bond acceptors (Lipinski definition) is 4. The number of carbonyl (C=O) groups is 1. The summed E-state index contributed by atoms with van der Waals surface area (Å²) in [5, 5.41) is 3.06. The van der Waals surface area contributed by atoms with Gasteiger partial charge in [0.25, 0.3) is 15.9 Å². The lowest BCUT2D eigenvalue weighted by atomic mass is 10.1. The number of amidine groups is 1. The third-order valence-corrected chi connectivity index (χ3v) is 6.25. The molecule has 0 fully saturated rings. The van der Waals surface area contributed by atoms with E-state index >= 15 is 0 Å². The number of nitrogens with zero attached hydrogens (tertiary/aromatic N) is 2. The molecule has 0 unspecified atom stereocenters. The maximum absolute atomic E-state index is 12.9. The first kappa shape index (κ1) is 21.0. The van der Waals surface area contributed by atoms with Gasteiger partial charge in [-0.2, -0.15) is 8.42 Å². The minimum absolute atomic E-state index is 0.00813. The van der Waals surface area contributed by atoms with E-state index in [0.29, 0.717) is 22.6 Å². The summed E-state index contributed by atoms with van der Waals surface area (Å²) in [7, 11) is -3.66. The van der Waals surface area contributed by atoms with Gasteiger partial charge in [0.05, 0.1) is 0 Å². The second kappa shape index (κ2) is 8.78. The van der Waals surface area contributed by atoms with E-state index in [1.807, 2.05) is 18.7 Å². The molecule has 2 aromatic rings. The molecule has 29 heavy (non-hydrogen) atoms. The van der Waals surface area contributed by atoms with Gasteiger partial charge < -0.3 is 10.2 Å². The maximum Gasteiger partial charge on any atom is 0.285 e. The van der Waals surface area contributed by atoms with Crippen LogP contribution in [0.4, 0.5) is 5.69 Å². The highest BCUT2D eigenvalue weighted by Gasteiger charge is 2.28. The molecule has 0 aliphatic carbocycles. The van der Waals surface area contributed by atoms with Crippen LogP contribution >= 0.6 is 0 Å². The Labute approximate surface area is 172 Å². The van der Waals surface area contributed by atoms with Crippen molar-refractivity contribution in [3.8, 4) is 0 Å². The van der Waals surface area contributed by atoms with Gasteiger partial charge in [-0.05, 0) is 56.7 Å². The summed E-state index contributed by atoms with van der Waals surface area (Å²) < 4.78 is 28.2. The van der Waals surface area contributed by atoms with Crippen LogP contribution in [0.2, 0.25) is 0 Å². The quantitative estimate of drug-likeness (QED) is 0.687. The van der Waals surface area contributed by atoms with E-state index < -0.39 is 10.0 Å². The zero-order chi connectivity index (χ0) is 21.0. The van der Waals surface area contributed by atoms with E-state index in [1.165, 1.54) is 0 Å². The largest absolute Gasteiger partial charge is 0.339 e. The van der Waals surface area contributed by atoms with Crippen LogP contribution in [0.25, 0.3) is 0 Å². The first-order valence-corrected chi connectivity index (χ1v) is 11.4. The number of rotatable bonds is 7. The number of benzene rings is 2. The van der Waals surface area contributed by atoms with E-state index in [4.69, 9.17) is 0 Å². The van der Waals surface area contributed by atoms with Gasteiger partial charge in [0.1, 0.15) is 4.90 Å². The Morgan fingerprint density at radius 3 is 2.41 bits per heavy atom. The van der Waals surface area contributed by atoms with Gasteiger partial charge in [0.15, 0.2) is 5.84 Å². The molecule has 154 valence electrons. The standard InChI is InChI=1S/C22H27N3O3S/c1-4-5-8-15-25(16(2)3)22(26)17-11-13-18(14-12-17)23-21-19-9-6-7-10-20(19)29(27,28)24-21/h6-7,9-14,16H,4-5,8,15H2,1-3H3,(H,23,24). The lowest BCUT2D eigenvalue weighted by Crippen LogP contribution is -2.37. The molecule has 0 saturated heterocycles. The van der Waals surface area contributed by atoms with Crippen molar-refractivity contribution in [3.05, 3.63) is 59.7 Å². The molecule has 1 aliphatic heterocycles. The molecule has 3 rings (SSSR count). The molecule has 0 bridgehead atoms. The first-order valence-electron chi connectivity index (χ1n) is 9.96. The van der Waals surface area contributed by atoms with Crippen LogP contribution in [0.5, 0.6) is 0 Å². The van der Waals surface area contributed by atoms with Gasteiger partial charge in [-0.15, -0.1) is 4.40 Å². The van der Waals surface area contributed by atoms with Crippen molar-refractivity contribution in [2.45, 2.75) is 51.0 Å². The van der Waals surface area contributed by atoms with E-state index in [9.17, 15) is 13.2 Å². The zero-order valence-electron chi connectivity index (χ0n) is 17.1. The molecule has 2 aromatic carbocycles. The number of sulfonamides is 1. The molecule has 1 aliphatic rings. The first-order chi connectivity index (χ1) is 13.8. The summed E-state index contributed by atoms with van der Waals surface area (Å²) in [5.74, 6) is 0.303. The Morgan fingerprint density at radius 2 is 1.76 bits per heavy atom. The van der Waals surface area contributed by atoms with Gasteiger partial charge in [0, 0.05) is 29.4 Å². The highest BCUT2D eigenvalue weighted by atomic mass is 32.2. The fraction of sp³-hybridized carbons (Fsp3) is 0.364. The second-order valence-corrected chi connectivity index (χ2v) is 8.99. The van der Waals surface area contributed by atoms with E-state index in [1.54, 1.807) is 48.5 Å². The van der Waals surface area contributed by atoms with Crippen molar-refractivity contribution in [2.75, 3.05) is 11.9 Å². The fourth-order valence-electron chi connectivity index (χ4n) is 3.32. The summed E-state index contributed by atoms with van der Waals surface area (Å²) in [6, 6.07) is 13.9.